The SMILES string of the molecule is Cl.NCc1nc(C(=O)NCc2ccccc2CN2CCCC2=O)cs1. The molecule has 1 aliphatic heterocycles. The second-order valence-electron chi connectivity index (χ2n) is 5.70. The predicted molar refractivity (Wildman–Crippen MR) is 99.5 cm³/mol. The topological polar surface area (TPSA) is 88.3 Å². The van der Waals surface area contributed by atoms with Crippen LogP contribution in [0.4, 0.5) is 0 Å². The maximum Gasteiger partial charge on any atom is 0.271 e. The van der Waals surface area contributed by atoms with E-state index in [9.17, 15) is 9.59 Å². The molecule has 1 aliphatic rings. The fraction of sp³-hybridized carbons (Fsp3) is 0.353. The molecular formula is C17H21ClN4O2S. The van der Waals surface area contributed by atoms with Gasteiger partial charge < -0.3 is 16.0 Å². The van der Waals surface area contributed by atoms with Crippen molar-refractivity contribution in [2.45, 2.75) is 32.5 Å². The highest BCUT2D eigenvalue weighted by molar-refractivity contribution is 7.09. The number of hydrogen-bond acceptors (Lipinski definition) is 5. The summed E-state index contributed by atoms with van der Waals surface area (Å²) in [5.74, 6) is -0.0105. The van der Waals surface area contributed by atoms with E-state index in [4.69, 9.17) is 5.73 Å². The number of nitrogens with two attached hydrogens (primary N) is 1. The van der Waals surface area contributed by atoms with Crippen molar-refractivity contribution in [1.82, 2.24) is 15.2 Å². The van der Waals surface area contributed by atoms with Crippen molar-refractivity contribution < 1.29 is 9.59 Å². The van der Waals surface area contributed by atoms with Gasteiger partial charge in [0.15, 0.2) is 0 Å². The average Bonchev–Trinajstić information content (AvgIpc) is 3.23. The molecule has 1 aromatic heterocycles. The first-order valence-electron chi connectivity index (χ1n) is 7.94. The zero-order valence-electron chi connectivity index (χ0n) is 13.7. The lowest BCUT2D eigenvalue weighted by atomic mass is 10.1. The largest absolute Gasteiger partial charge is 0.347 e. The first kappa shape index (κ1) is 19.4. The number of hydrogen-bond donors (Lipinski definition) is 2. The third-order valence-corrected chi connectivity index (χ3v) is 4.92. The lowest BCUT2D eigenvalue weighted by molar-refractivity contribution is -0.128. The molecule has 3 rings (SSSR count). The highest BCUT2D eigenvalue weighted by Crippen LogP contribution is 2.17. The number of carbonyl (C=O) groups is 2. The molecule has 25 heavy (non-hydrogen) atoms. The number of nitrogens with one attached hydrogen (secondary N) is 1. The number of rotatable bonds is 6. The molecule has 0 spiro atoms. The van der Waals surface area contributed by atoms with Crippen LogP contribution in [0.1, 0.15) is 39.5 Å². The minimum atomic E-state index is -0.210. The van der Waals surface area contributed by atoms with Crippen LogP contribution in [0.5, 0.6) is 0 Å². The quantitative estimate of drug-likeness (QED) is 0.803. The Bertz CT molecular complexity index is 750. The first-order valence-corrected chi connectivity index (χ1v) is 8.82. The molecule has 2 amide bonds. The predicted octanol–water partition coefficient (Wildman–Crippen LogP) is 2.08. The Morgan fingerprint density at radius 2 is 2.08 bits per heavy atom. The van der Waals surface area contributed by atoms with Gasteiger partial charge in [0.05, 0.1) is 0 Å². The van der Waals surface area contributed by atoms with E-state index in [1.54, 1.807) is 5.38 Å². The fourth-order valence-electron chi connectivity index (χ4n) is 2.74. The number of likely N-dealkylation sites (tertiary alicyclic amines) is 1. The summed E-state index contributed by atoms with van der Waals surface area (Å²) in [7, 11) is 0. The van der Waals surface area contributed by atoms with Crippen LogP contribution in [0.3, 0.4) is 0 Å². The molecule has 0 aliphatic carbocycles. The minimum absolute atomic E-state index is 0. The van der Waals surface area contributed by atoms with E-state index >= 15 is 0 Å². The van der Waals surface area contributed by atoms with Crippen molar-refractivity contribution in [2.24, 2.45) is 5.73 Å². The van der Waals surface area contributed by atoms with Gasteiger partial charge in [0.2, 0.25) is 5.91 Å². The lowest BCUT2D eigenvalue weighted by Crippen LogP contribution is -2.27. The van der Waals surface area contributed by atoms with Crippen LogP contribution < -0.4 is 11.1 Å². The Hall–Kier alpha value is -1.96. The van der Waals surface area contributed by atoms with Crippen LogP contribution in [0.2, 0.25) is 0 Å². The Labute approximate surface area is 156 Å². The van der Waals surface area contributed by atoms with Crippen LogP contribution in [0.25, 0.3) is 0 Å². The van der Waals surface area contributed by atoms with E-state index in [-0.39, 0.29) is 24.2 Å². The van der Waals surface area contributed by atoms with Gasteiger partial charge in [0.1, 0.15) is 10.7 Å². The van der Waals surface area contributed by atoms with Crippen LogP contribution in [-0.4, -0.2) is 28.2 Å². The van der Waals surface area contributed by atoms with Crippen LogP contribution in [-0.2, 0) is 24.4 Å². The summed E-state index contributed by atoms with van der Waals surface area (Å²) in [5.41, 5.74) is 7.99. The molecule has 0 saturated carbocycles. The fourth-order valence-corrected chi connectivity index (χ4v) is 3.39. The number of halogens is 1. The summed E-state index contributed by atoms with van der Waals surface area (Å²) in [4.78, 5) is 30.0. The molecule has 0 unspecified atom stereocenters. The number of amides is 2. The van der Waals surface area contributed by atoms with Gasteiger partial charge in [-0.2, -0.15) is 0 Å². The van der Waals surface area contributed by atoms with Crippen molar-refractivity contribution in [2.75, 3.05) is 6.54 Å². The van der Waals surface area contributed by atoms with Crippen molar-refractivity contribution in [1.29, 1.82) is 0 Å². The van der Waals surface area contributed by atoms with Crippen molar-refractivity contribution in [3.05, 3.63) is 51.5 Å². The molecule has 1 saturated heterocycles. The Kier molecular flexibility index (Phi) is 6.92. The normalized spacial score (nSPS) is 13.6. The van der Waals surface area contributed by atoms with Crippen molar-refractivity contribution >= 4 is 35.6 Å². The first-order chi connectivity index (χ1) is 11.7. The highest BCUT2D eigenvalue weighted by atomic mass is 35.5. The van der Waals surface area contributed by atoms with Gasteiger partial charge in [-0.15, -0.1) is 23.7 Å². The number of aromatic nitrogens is 1. The van der Waals surface area contributed by atoms with E-state index in [1.165, 1.54) is 11.3 Å². The molecule has 3 N–H and O–H groups in total. The number of nitrogens with zero attached hydrogens (tertiary/aromatic N) is 2. The van der Waals surface area contributed by atoms with E-state index < -0.39 is 0 Å². The monoisotopic (exact) mass is 380 g/mol. The molecule has 0 radical (unpaired) electrons. The van der Waals surface area contributed by atoms with Gasteiger partial charge in [-0.1, -0.05) is 24.3 Å². The molecule has 1 aromatic carbocycles. The van der Waals surface area contributed by atoms with Gasteiger partial charge in [0.25, 0.3) is 5.91 Å². The molecule has 2 heterocycles. The third-order valence-electron chi connectivity index (χ3n) is 4.05. The smallest absolute Gasteiger partial charge is 0.271 e. The van der Waals surface area contributed by atoms with Crippen molar-refractivity contribution in [3.63, 3.8) is 0 Å². The second kappa shape index (κ2) is 8.94. The molecule has 1 fully saturated rings. The molecule has 8 heteroatoms. The van der Waals surface area contributed by atoms with E-state index in [2.05, 4.69) is 10.3 Å². The second-order valence-corrected chi connectivity index (χ2v) is 6.64. The molecule has 0 bridgehead atoms. The number of thiazole rings is 1. The summed E-state index contributed by atoms with van der Waals surface area (Å²) in [5, 5.41) is 5.35. The van der Waals surface area contributed by atoms with Gasteiger partial charge >= 0.3 is 0 Å². The van der Waals surface area contributed by atoms with E-state index in [1.807, 2.05) is 29.2 Å². The van der Waals surface area contributed by atoms with Gasteiger partial charge in [-0.05, 0) is 17.5 Å². The molecule has 6 nitrogen and oxygen atoms in total. The Morgan fingerprint density at radius 3 is 2.72 bits per heavy atom. The van der Waals surface area contributed by atoms with Crippen LogP contribution in [0.15, 0.2) is 29.6 Å². The van der Waals surface area contributed by atoms with E-state index in [0.717, 1.165) is 29.1 Å². The van der Waals surface area contributed by atoms with Crippen LogP contribution in [0, 0.1) is 0 Å². The maximum absolute atomic E-state index is 12.2. The maximum atomic E-state index is 12.2. The molecule has 134 valence electrons. The van der Waals surface area contributed by atoms with Gasteiger partial charge in [-0.25, -0.2) is 4.98 Å². The van der Waals surface area contributed by atoms with Crippen LogP contribution >= 0.6 is 23.7 Å². The molecule has 0 atom stereocenters. The Balaban J connectivity index is 0.00000225. The highest BCUT2D eigenvalue weighted by Gasteiger charge is 2.21. The average molecular weight is 381 g/mol. The molecular weight excluding hydrogens is 360 g/mol. The zero-order chi connectivity index (χ0) is 16.9. The summed E-state index contributed by atoms with van der Waals surface area (Å²) in [6, 6.07) is 7.87. The number of benzene rings is 1. The van der Waals surface area contributed by atoms with Gasteiger partial charge in [-0.3, -0.25) is 9.59 Å². The Morgan fingerprint density at radius 1 is 1.32 bits per heavy atom. The summed E-state index contributed by atoms with van der Waals surface area (Å²) >= 11 is 1.38. The standard InChI is InChI=1S/C17H20N4O2S.ClH/c18-8-15-20-14(11-24-15)17(23)19-9-12-4-1-2-5-13(12)10-21-7-3-6-16(21)22;/h1-2,4-5,11H,3,6-10,18H2,(H,19,23);1H. The zero-order valence-corrected chi connectivity index (χ0v) is 15.4. The summed E-state index contributed by atoms with van der Waals surface area (Å²) in [6.45, 7) is 2.15. The van der Waals surface area contributed by atoms with Crippen molar-refractivity contribution in [3.8, 4) is 0 Å². The summed E-state index contributed by atoms with van der Waals surface area (Å²) in [6.07, 6.45) is 1.55. The van der Waals surface area contributed by atoms with Gasteiger partial charge in [0, 0.05) is 38.0 Å². The van der Waals surface area contributed by atoms with E-state index in [0.29, 0.717) is 31.7 Å². The summed E-state index contributed by atoms with van der Waals surface area (Å²) < 4.78 is 0. The third kappa shape index (κ3) is 4.78. The minimum Gasteiger partial charge on any atom is -0.347 e. The molecule has 2 aromatic rings. The number of carbonyl (C=O) groups excluding carboxylic acids is 2. The lowest BCUT2D eigenvalue weighted by Gasteiger charge is -2.18.